The zero-order chi connectivity index (χ0) is 11.4. The summed E-state index contributed by atoms with van der Waals surface area (Å²) < 4.78 is 14.4. The third-order valence-corrected chi connectivity index (χ3v) is 3.74. The van der Waals surface area contributed by atoms with E-state index >= 15 is 0 Å². The fraction of sp³-hybridized carbons (Fsp3) is 0.200. The van der Waals surface area contributed by atoms with E-state index < -0.39 is 0 Å². The Bertz CT molecular complexity index is 459. The minimum Gasteiger partial charge on any atom is -0.316 e. The van der Waals surface area contributed by atoms with E-state index in [2.05, 4.69) is 15.5 Å². The third-order valence-electron chi connectivity index (χ3n) is 1.91. The van der Waals surface area contributed by atoms with E-state index in [4.69, 9.17) is 0 Å². The van der Waals surface area contributed by atoms with Gasteiger partial charge in [-0.05, 0) is 24.7 Å². The molecule has 0 unspecified atom stereocenters. The van der Waals surface area contributed by atoms with Gasteiger partial charge in [0.1, 0.15) is 11.3 Å². The molecule has 1 aromatic heterocycles. The maximum absolute atomic E-state index is 13.7. The quantitative estimate of drug-likeness (QED) is 0.911. The number of halogens is 1. The number of hydrogen-bond donors (Lipinski definition) is 1. The Morgan fingerprint density at radius 3 is 3.00 bits per heavy atom. The van der Waals surface area contributed by atoms with Gasteiger partial charge in [0.25, 0.3) is 0 Å². The van der Waals surface area contributed by atoms with E-state index in [0.29, 0.717) is 11.4 Å². The molecule has 0 atom stereocenters. The van der Waals surface area contributed by atoms with Gasteiger partial charge < -0.3 is 5.32 Å². The number of nitrogens with one attached hydrogen (secondary N) is 1. The molecule has 0 amide bonds. The second-order valence-corrected chi connectivity index (χ2v) is 5.22. The van der Waals surface area contributed by atoms with Crippen LogP contribution in [0.5, 0.6) is 0 Å². The molecule has 1 N–H and O–H groups in total. The van der Waals surface area contributed by atoms with Crippen molar-refractivity contribution >= 4 is 23.1 Å². The first-order chi connectivity index (χ1) is 7.79. The number of rotatable bonds is 4. The van der Waals surface area contributed by atoms with Gasteiger partial charge in [-0.1, -0.05) is 29.2 Å². The summed E-state index contributed by atoms with van der Waals surface area (Å²) in [6.45, 7) is 0.667. The molecule has 6 heteroatoms. The van der Waals surface area contributed by atoms with Crippen molar-refractivity contribution in [3.63, 3.8) is 0 Å². The second kappa shape index (κ2) is 5.38. The molecule has 3 nitrogen and oxygen atoms in total. The standard InChI is InChI=1S/C10H10FN3S2/c1-12-5-7-2-3-9(8(11)4-7)16-10-14-13-6-15-10/h2-4,6,12H,5H2,1H3. The van der Waals surface area contributed by atoms with Gasteiger partial charge in [0, 0.05) is 6.54 Å². The molecule has 16 heavy (non-hydrogen) atoms. The molecular weight excluding hydrogens is 245 g/mol. The lowest BCUT2D eigenvalue weighted by Gasteiger charge is -2.03. The van der Waals surface area contributed by atoms with Crippen LogP contribution in [-0.2, 0) is 6.54 Å². The molecule has 1 heterocycles. The van der Waals surface area contributed by atoms with Crippen LogP contribution in [0.25, 0.3) is 0 Å². The van der Waals surface area contributed by atoms with Gasteiger partial charge in [-0.25, -0.2) is 4.39 Å². The summed E-state index contributed by atoms with van der Waals surface area (Å²) in [5, 5.41) is 10.6. The molecule has 2 rings (SSSR count). The van der Waals surface area contributed by atoms with Crippen LogP contribution in [0.2, 0.25) is 0 Å². The predicted octanol–water partition coefficient (Wildman–Crippen LogP) is 2.55. The minimum absolute atomic E-state index is 0.215. The van der Waals surface area contributed by atoms with E-state index in [-0.39, 0.29) is 5.82 Å². The third kappa shape index (κ3) is 2.78. The van der Waals surface area contributed by atoms with Crippen LogP contribution in [0.15, 0.2) is 32.9 Å². The molecule has 0 radical (unpaired) electrons. The van der Waals surface area contributed by atoms with Crippen molar-refractivity contribution in [3.05, 3.63) is 35.1 Å². The normalized spacial score (nSPS) is 10.6. The molecule has 0 fully saturated rings. The van der Waals surface area contributed by atoms with Crippen molar-refractivity contribution in [2.75, 3.05) is 7.05 Å². The highest BCUT2D eigenvalue weighted by atomic mass is 32.2. The maximum Gasteiger partial charge on any atom is 0.178 e. The SMILES string of the molecule is CNCc1ccc(Sc2nncs2)c(F)c1. The zero-order valence-electron chi connectivity index (χ0n) is 8.61. The smallest absolute Gasteiger partial charge is 0.178 e. The first kappa shape index (κ1) is 11.5. The Labute approximate surface area is 101 Å². The van der Waals surface area contributed by atoms with Gasteiger partial charge in [0.05, 0.1) is 4.90 Å². The van der Waals surface area contributed by atoms with Crippen molar-refractivity contribution < 1.29 is 4.39 Å². The highest BCUT2D eigenvalue weighted by Crippen LogP contribution is 2.30. The Balaban J connectivity index is 2.16. The van der Waals surface area contributed by atoms with Gasteiger partial charge in [0.15, 0.2) is 4.34 Å². The van der Waals surface area contributed by atoms with E-state index in [1.165, 1.54) is 23.1 Å². The first-order valence-electron chi connectivity index (χ1n) is 4.66. The van der Waals surface area contributed by atoms with E-state index in [0.717, 1.165) is 9.90 Å². The van der Waals surface area contributed by atoms with Gasteiger partial charge in [-0.3, -0.25) is 0 Å². The van der Waals surface area contributed by atoms with Gasteiger partial charge in [0.2, 0.25) is 0 Å². The second-order valence-electron chi connectivity index (χ2n) is 3.10. The van der Waals surface area contributed by atoms with Crippen LogP contribution >= 0.6 is 23.1 Å². The summed E-state index contributed by atoms with van der Waals surface area (Å²) >= 11 is 2.70. The Hall–Kier alpha value is -0.980. The lowest BCUT2D eigenvalue weighted by Crippen LogP contribution is -2.05. The fourth-order valence-electron chi connectivity index (χ4n) is 1.24. The van der Waals surface area contributed by atoms with Gasteiger partial charge in [-0.2, -0.15) is 0 Å². The number of nitrogens with zero attached hydrogens (tertiary/aromatic N) is 2. The molecule has 0 aliphatic heterocycles. The number of benzene rings is 1. The van der Waals surface area contributed by atoms with Crippen molar-refractivity contribution in [1.29, 1.82) is 0 Å². The topological polar surface area (TPSA) is 37.8 Å². The van der Waals surface area contributed by atoms with Crippen LogP contribution < -0.4 is 5.32 Å². The molecule has 1 aromatic carbocycles. The molecule has 0 aliphatic rings. The van der Waals surface area contributed by atoms with Crippen LogP contribution in [-0.4, -0.2) is 17.2 Å². The monoisotopic (exact) mass is 255 g/mol. The van der Waals surface area contributed by atoms with Crippen LogP contribution in [0, 0.1) is 5.82 Å². The molecule has 0 bridgehead atoms. The molecule has 2 aromatic rings. The van der Waals surface area contributed by atoms with Gasteiger partial charge in [-0.15, -0.1) is 10.2 Å². The first-order valence-corrected chi connectivity index (χ1v) is 6.36. The van der Waals surface area contributed by atoms with Crippen molar-refractivity contribution in [2.45, 2.75) is 15.8 Å². The fourth-order valence-corrected chi connectivity index (χ4v) is 2.68. The predicted molar refractivity (Wildman–Crippen MR) is 63.2 cm³/mol. The molecule has 0 saturated heterocycles. The lowest BCUT2D eigenvalue weighted by atomic mass is 10.2. The molecule has 0 spiro atoms. The van der Waals surface area contributed by atoms with Crippen LogP contribution in [0.3, 0.4) is 0 Å². The maximum atomic E-state index is 13.7. The van der Waals surface area contributed by atoms with Crippen molar-refractivity contribution in [3.8, 4) is 0 Å². The number of hydrogen-bond acceptors (Lipinski definition) is 5. The van der Waals surface area contributed by atoms with E-state index in [9.17, 15) is 4.39 Å². The molecule has 0 saturated carbocycles. The van der Waals surface area contributed by atoms with Crippen molar-refractivity contribution in [2.24, 2.45) is 0 Å². The van der Waals surface area contributed by atoms with E-state index in [1.54, 1.807) is 17.6 Å². The van der Waals surface area contributed by atoms with E-state index in [1.807, 2.05) is 13.1 Å². The lowest BCUT2D eigenvalue weighted by molar-refractivity contribution is 0.598. The largest absolute Gasteiger partial charge is 0.316 e. The average molecular weight is 255 g/mol. The summed E-state index contributed by atoms with van der Waals surface area (Å²) in [7, 11) is 1.84. The van der Waals surface area contributed by atoms with Gasteiger partial charge >= 0.3 is 0 Å². The summed E-state index contributed by atoms with van der Waals surface area (Å²) in [6.07, 6.45) is 0. The summed E-state index contributed by atoms with van der Waals surface area (Å²) in [5.41, 5.74) is 2.57. The Morgan fingerprint density at radius 2 is 2.38 bits per heavy atom. The zero-order valence-corrected chi connectivity index (χ0v) is 10.2. The number of aromatic nitrogens is 2. The summed E-state index contributed by atoms with van der Waals surface area (Å²) in [5.74, 6) is -0.215. The Kier molecular flexibility index (Phi) is 3.87. The summed E-state index contributed by atoms with van der Waals surface area (Å²) in [6, 6.07) is 5.22. The molecular formula is C10H10FN3S2. The highest BCUT2D eigenvalue weighted by molar-refractivity contribution is 8.01. The summed E-state index contributed by atoms with van der Waals surface area (Å²) in [4.78, 5) is 0.580. The van der Waals surface area contributed by atoms with Crippen molar-refractivity contribution in [1.82, 2.24) is 15.5 Å². The Morgan fingerprint density at radius 1 is 1.50 bits per heavy atom. The highest BCUT2D eigenvalue weighted by Gasteiger charge is 2.07. The minimum atomic E-state index is -0.215. The molecule has 84 valence electrons. The molecule has 0 aliphatic carbocycles. The van der Waals surface area contributed by atoms with Crippen LogP contribution in [0.4, 0.5) is 4.39 Å². The average Bonchev–Trinajstić information content (AvgIpc) is 2.75. The van der Waals surface area contributed by atoms with Crippen LogP contribution in [0.1, 0.15) is 5.56 Å².